The molecular formula is C14H10N2. The summed E-state index contributed by atoms with van der Waals surface area (Å²) in [6.07, 6.45) is 3.87. The second-order valence-corrected chi connectivity index (χ2v) is 4.08. The van der Waals surface area contributed by atoms with Gasteiger partial charge in [0.05, 0.1) is 11.4 Å². The van der Waals surface area contributed by atoms with E-state index in [9.17, 15) is 0 Å². The van der Waals surface area contributed by atoms with Gasteiger partial charge in [0.2, 0.25) is 0 Å². The molecule has 2 aromatic rings. The Kier molecular flexibility index (Phi) is 1.33. The van der Waals surface area contributed by atoms with Crippen molar-refractivity contribution in [1.29, 1.82) is 0 Å². The van der Waals surface area contributed by atoms with Crippen molar-refractivity contribution in [3.8, 4) is 0 Å². The predicted molar refractivity (Wildman–Crippen MR) is 66.2 cm³/mol. The van der Waals surface area contributed by atoms with Crippen LogP contribution in [0, 0.1) is 0 Å². The Morgan fingerprint density at radius 3 is 1.81 bits per heavy atom. The van der Waals surface area contributed by atoms with E-state index in [0.717, 1.165) is 0 Å². The minimum absolute atomic E-state index is 1.19. The first kappa shape index (κ1) is 7.99. The largest absolute Gasteiger partial charge is 0.358 e. The van der Waals surface area contributed by atoms with Crippen molar-refractivity contribution in [2.24, 2.45) is 0 Å². The van der Waals surface area contributed by atoms with Gasteiger partial charge in [-0.2, -0.15) is 0 Å². The Bertz CT molecular complexity index is 613. The van der Waals surface area contributed by atoms with E-state index in [2.05, 4.69) is 47.0 Å². The van der Waals surface area contributed by atoms with E-state index in [1.165, 1.54) is 33.3 Å². The molecule has 2 aromatic carbocycles. The van der Waals surface area contributed by atoms with E-state index >= 15 is 0 Å². The minimum atomic E-state index is 1.19. The van der Waals surface area contributed by atoms with Crippen LogP contribution in [-0.4, -0.2) is 0 Å². The highest BCUT2D eigenvalue weighted by atomic mass is 15.0. The van der Waals surface area contributed by atoms with E-state index in [-0.39, 0.29) is 0 Å². The molecule has 1 aliphatic heterocycles. The van der Waals surface area contributed by atoms with E-state index in [1.54, 1.807) is 0 Å². The van der Waals surface area contributed by atoms with Crippen molar-refractivity contribution in [2.75, 3.05) is 0 Å². The summed E-state index contributed by atoms with van der Waals surface area (Å²) < 4.78 is 0. The first-order chi connectivity index (χ1) is 7.95. The Labute approximate surface area is 93.3 Å². The quantitative estimate of drug-likeness (QED) is 0.692. The lowest BCUT2D eigenvalue weighted by atomic mass is 10.0. The number of fused-ring (bicyclic) bond motifs is 2. The molecule has 0 saturated heterocycles. The van der Waals surface area contributed by atoms with Crippen LogP contribution >= 0.6 is 0 Å². The maximum absolute atomic E-state index is 3.32. The zero-order chi connectivity index (χ0) is 10.5. The van der Waals surface area contributed by atoms with Crippen molar-refractivity contribution >= 4 is 22.2 Å². The Balaban J connectivity index is 2.16. The number of benzene rings is 2. The van der Waals surface area contributed by atoms with Gasteiger partial charge in [-0.05, 0) is 5.39 Å². The molecule has 0 fully saturated rings. The van der Waals surface area contributed by atoms with Gasteiger partial charge in [-0.15, -0.1) is 0 Å². The van der Waals surface area contributed by atoms with Crippen molar-refractivity contribution in [3.05, 3.63) is 59.9 Å². The molecule has 2 heteroatoms. The number of hydrogen-bond donors (Lipinski definition) is 2. The second kappa shape index (κ2) is 2.67. The summed E-state index contributed by atoms with van der Waals surface area (Å²) in [6.45, 7) is 0. The van der Waals surface area contributed by atoms with Gasteiger partial charge in [0, 0.05) is 28.9 Å². The van der Waals surface area contributed by atoms with Gasteiger partial charge in [0.1, 0.15) is 0 Å². The molecule has 2 N–H and O–H groups in total. The first-order valence-electron chi connectivity index (χ1n) is 5.40. The molecule has 0 spiro atoms. The fraction of sp³-hybridized carbons (Fsp3) is 0. The van der Waals surface area contributed by atoms with Gasteiger partial charge in [0.25, 0.3) is 0 Å². The zero-order valence-corrected chi connectivity index (χ0v) is 8.62. The van der Waals surface area contributed by atoms with Gasteiger partial charge in [0.15, 0.2) is 0 Å². The van der Waals surface area contributed by atoms with Crippen LogP contribution in [0.25, 0.3) is 22.2 Å². The molecule has 2 nitrogen and oxygen atoms in total. The topological polar surface area (TPSA) is 24.1 Å². The maximum Gasteiger partial charge on any atom is 0.0705 e. The summed E-state index contributed by atoms with van der Waals surface area (Å²) in [4.78, 5) is 0. The molecule has 0 amide bonds. The van der Waals surface area contributed by atoms with Crippen molar-refractivity contribution in [2.45, 2.75) is 0 Å². The average molecular weight is 206 g/mol. The monoisotopic (exact) mass is 206 g/mol. The molecular weight excluding hydrogens is 196 g/mol. The fourth-order valence-electron chi connectivity index (χ4n) is 2.58. The third kappa shape index (κ3) is 0.823. The number of nitrogens with one attached hydrogen (secondary N) is 2. The van der Waals surface area contributed by atoms with E-state index in [1.807, 2.05) is 12.4 Å². The molecule has 0 bridgehead atoms. The highest BCUT2D eigenvalue weighted by Gasteiger charge is 2.23. The lowest BCUT2D eigenvalue weighted by molar-refractivity contribution is 1.09. The molecule has 1 aliphatic carbocycles. The minimum Gasteiger partial charge on any atom is -0.358 e. The third-order valence-electron chi connectivity index (χ3n) is 3.23. The summed E-state index contributed by atoms with van der Waals surface area (Å²) in [5.41, 5.74) is 4.96. The average Bonchev–Trinajstić information content (AvgIpc) is 2.68. The molecule has 0 aromatic heterocycles. The van der Waals surface area contributed by atoms with E-state index in [4.69, 9.17) is 0 Å². The molecule has 2 aliphatic rings. The van der Waals surface area contributed by atoms with E-state index < -0.39 is 0 Å². The molecule has 1 heterocycles. The third-order valence-corrected chi connectivity index (χ3v) is 3.23. The summed E-state index contributed by atoms with van der Waals surface area (Å²) in [5.74, 6) is 0. The second-order valence-electron chi connectivity index (χ2n) is 4.08. The van der Waals surface area contributed by atoms with Gasteiger partial charge < -0.3 is 10.6 Å². The van der Waals surface area contributed by atoms with Gasteiger partial charge in [-0.25, -0.2) is 0 Å². The van der Waals surface area contributed by atoms with Crippen LogP contribution in [0.2, 0.25) is 0 Å². The highest BCUT2D eigenvalue weighted by molar-refractivity contribution is 6.13. The maximum atomic E-state index is 3.32. The SMILES string of the molecule is C1=CNC2=C(N1)c1cccc3cccc2c13. The van der Waals surface area contributed by atoms with Crippen LogP contribution < -0.4 is 10.6 Å². The lowest BCUT2D eigenvalue weighted by Crippen LogP contribution is -2.16. The summed E-state index contributed by atoms with van der Waals surface area (Å²) >= 11 is 0. The molecule has 16 heavy (non-hydrogen) atoms. The first-order valence-corrected chi connectivity index (χ1v) is 5.40. The van der Waals surface area contributed by atoms with Gasteiger partial charge in [-0.1, -0.05) is 36.4 Å². The zero-order valence-electron chi connectivity index (χ0n) is 8.62. The standard InChI is InChI=1S/C14H10N2/c1-3-9-4-2-6-11-12(9)10(5-1)13-14(11)16-8-7-15-13/h1-8,15-16H. The van der Waals surface area contributed by atoms with Crippen LogP contribution in [0.3, 0.4) is 0 Å². The molecule has 0 saturated carbocycles. The summed E-state index contributed by atoms with van der Waals surface area (Å²) in [7, 11) is 0. The number of hydrogen-bond acceptors (Lipinski definition) is 2. The smallest absolute Gasteiger partial charge is 0.0705 e. The van der Waals surface area contributed by atoms with Crippen LogP contribution in [0.5, 0.6) is 0 Å². The Morgan fingerprint density at radius 1 is 0.688 bits per heavy atom. The Morgan fingerprint density at radius 2 is 1.25 bits per heavy atom. The Hall–Kier alpha value is -2.22. The number of rotatable bonds is 0. The molecule has 4 rings (SSSR count). The van der Waals surface area contributed by atoms with Crippen LogP contribution in [0.1, 0.15) is 11.1 Å². The summed E-state index contributed by atoms with van der Waals surface area (Å²) in [5, 5.41) is 9.29. The van der Waals surface area contributed by atoms with Gasteiger partial charge >= 0.3 is 0 Å². The molecule has 0 unspecified atom stereocenters. The molecule has 76 valence electrons. The van der Waals surface area contributed by atoms with Crippen molar-refractivity contribution < 1.29 is 0 Å². The molecule has 0 radical (unpaired) electrons. The van der Waals surface area contributed by atoms with Crippen molar-refractivity contribution in [1.82, 2.24) is 10.6 Å². The fourth-order valence-corrected chi connectivity index (χ4v) is 2.58. The lowest BCUT2D eigenvalue weighted by Gasteiger charge is -2.13. The predicted octanol–water partition coefficient (Wildman–Crippen LogP) is 2.64. The van der Waals surface area contributed by atoms with Crippen LogP contribution in [0.15, 0.2) is 48.8 Å². The van der Waals surface area contributed by atoms with Crippen molar-refractivity contribution in [3.63, 3.8) is 0 Å². The van der Waals surface area contributed by atoms with Crippen LogP contribution in [-0.2, 0) is 0 Å². The van der Waals surface area contributed by atoms with Gasteiger partial charge in [-0.3, -0.25) is 0 Å². The molecule has 0 atom stereocenters. The summed E-state index contributed by atoms with van der Waals surface area (Å²) in [6, 6.07) is 12.9. The van der Waals surface area contributed by atoms with Crippen LogP contribution in [0.4, 0.5) is 0 Å². The normalized spacial score (nSPS) is 16.0. The van der Waals surface area contributed by atoms with E-state index in [0.29, 0.717) is 0 Å². The highest BCUT2D eigenvalue weighted by Crippen LogP contribution is 2.40.